The lowest BCUT2D eigenvalue weighted by Crippen LogP contribution is -2.32. The standard InChI is InChI=1S/C24H28ClFN8O/c1-14(2)11-33-13-17(7-30-33)32-22-5-21(18-9-31-34-12-16(25)6-28-23(18)34)27-8-19(22)24(35)29-10-20(26)15(3)4/h5-9,12-15,20H,10-11H2,1-4H3,(H,27,32)(H,29,35). The molecular weight excluding hydrogens is 471 g/mol. The van der Waals surface area contributed by atoms with Gasteiger partial charge in [-0.15, -0.1) is 0 Å². The molecule has 9 nitrogen and oxygen atoms in total. The van der Waals surface area contributed by atoms with Crippen LogP contribution in [0, 0.1) is 11.8 Å². The van der Waals surface area contributed by atoms with Crippen LogP contribution in [0.5, 0.6) is 0 Å². The van der Waals surface area contributed by atoms with E-state index < -0.39 is 12.1 Å². The molecule has 35 heavy (non-hydrogen) atoms. The summed E-state index contributed by atoms with van der Waals surface area (Å²) in [4.78, 5) is 21.8. The molecule has 0 aromatic carbocycles. The molecule has 0 aliphatic heterocycles. The molecule has 1 atom stereocenters. The Morgan fingerprint density at radius 1 is 1.09 bits per heavy atom. The number of aromatic nitrogens is 6. The third-order valence-electron chi connectivity index (χ3n) is 5.39. The molecule has 4 heterocycles. The van der Waals surface area contributed by atoms with E-state index in [1.165, 1.54) is 12.4 Å². The van der Waals surface area contributed by atoms with Gasteiger partial charge >= 0.3 is 0 Å². The first-order valence-electron chi connectivity index (χ1n) is 11.4. The van der Waals surface area contributed by atoms with Crippen molar-refractivity contribution in [1.82, 2.24) is 34.7 Å². The summed E-state index contributed by atoms with van der Waals surface area (Å²) in [6.07, 6.45) is 8.72. The molecule has 0 saturated heterocycles. The Balaban J connectivity index is 1.68. The zero-order valence-electron chi connectivity index (χ0n) is 20.0. The average Bonchev–Trinajstić information content (AvgIpc) is 3.42. The normalized spacial score (nSPS) is 12.5. The van der Waals surface area contributed by atoms with Crippen LogP contribution in [0.1, 0.15) is 38.1 Å². The molecule has 0 aliphatic carbocycles. The van der Waals surface area contributed by atoms with Gasteiger partial charge in [0.1, 0.15) is 6.17 Å². The van der Waals surface area contributed by atoms with E-state index >= 15 is 0 Å². The first-order chi connectivity index (χ1) is 16.7. The van der Waals surface area contributed by atoms with Crippen molar-refractivity contribution in [3.63, 3.8) is 0 Å². The van der Waals surface area contributed by atoms with Crippen molar-refractivity contribution < 1.29 is 9.18 Å². The minimum atomic E-state index is -1.14. The lowest BCUT2D eigenvalue weighted by atomic mass is 10.1. The SMILES string of the molecule is CC(C)Cn1cc(Nc2cc(-c3cnn4cc(Cl)cnc34)ncc2C(=O)NCC(F)C(C)C)cn1. The van der Waals surface area contributed by atoms with Crippen LogP contribution in [0.4, 0.5) is 15.8 Å². The van der Waals surface area contributed by atoms with Crippen molar-refractivity contribution in [3.05, 3.63) is 53.8 Å². The van der Waals surface area contributed by atoms with Crippen molar-refractivity contribution >= 4 is 34.5 Å². The molecular formula is C24H28ClFN8O. The van der Waals surface area contributed by atoms with Gasteiger partial charge < -0.3 is 10.6 Å². The summed E-state index contributed by atoms with van der Waals surface area (Å²) >= 11 is 6.02. The molecule has 0 fully saturated rings. The zero-order chi connectivity index (χ0) is 25.1. The largest absolute Gasteiger partial charge is 0.352 e. The van der Waals surface area contributed by atoms with E-state index in [2.05, 4.69) is 44.6 Å². The molecule has 0 spiro atoms. The topological polar surface area (TPSA) is 102 Å². The smallest absolute Gasteiger partial charge is 0.255 e. The number of nitrogens with one attached hydrogen (secondary N) is 2. The zero-order valence-corrected chi connectivity index (χ0v) is 20.8. The van der Waals surface area contributed by atoms with Crippen LogP contribution >= 0.6 is 11.6 Å². The molecule has 4 aromatic heterocycles. The van der Waals surface area contributed by atoms with Gasteiger partial charge in [0.2, 0.25) is 0 Å². The van der Waals surface area contributed by atoms with Gasteiger partial charge in [0.05, 0.1) is 51.8 Å². The first kappa shape index (κ1) is 24.6. The number of carbonyl (C=O) groups excluding carboxylic acids is 1. The van der Waals surface area contributed by atoms with Crippen molar-refractivity contribution in [2.24, 2.45) is 11.8 Å². The molecule has 0 aliphatic rings. The number of hydrogen-bond acceptors (Lipinski definition) is 6. The second-order valence-electron chi connectivity index (χ2n) is 9.15. The minimum absolute atomic E-state index is 0.0806. The summed E-state index contributed by atoms with van der Waals surface area (Å²) in [5.41, 5.74) is 3.32. The molecule has 184 valence electrons. The second kappa shape index (κ2) is 10.4. The number of amides is 1. The highest BCUT2D eigenvalue weighted by Gasteiger charge is 2.19. The molecule has 4 rings (SSSR count). The fourth-order valence-electron chi connectivity index (χ4n) is 3.50. The Hall–Kier alpha value is -3.53. The Kier molecular flexibility index (Phi) is 7.30. The fourth-order valence-corrected chi connectivity index (χ4v) is 3.64. The predicted molar refractivity (Wildman–Crippen MR) is 134 cm³/mol. The fraction of sp³-hybridized carbons (Fsp3) is 0.375. The van der Waals surface area contributed by atoms with Gasteiger partial charge in [0, 0.05) is 31.7 Å². The summed E-state index contributed by atoms with van der Waals surface area (Å²) in [7, 11) is 0. The summed E-state index contributed by atoms with van der Waals surface area (Å²) < 4.78 is 17.5. The number of rotatable bonds is 9. The van der Waals surface area contributed by atoms with Crippen LogP contribution in [-0.2, 0) is 6.54 Å². The van der Waals surface area contributed by atoms with E-state index in [4.69, 9.17) is 11.6 Å². The number of nitrogens with zero attached hydrogens (tertiary/aromatic N) is 6. The molecule has 0 bridgehead atoms. The molecule has 0 radical (unpaired) electrons. The quantitative estimate of drug-likeness (QED) is 0.345. The number of halogens is 2. The molecule has 2 N–H and O–H groups in total. The van der Waals surface area contributed by atoms with Crippen LogP contribution in [0.25, 0.3) is 16.9 Å². The number of hydrogen-bond donors (Lipinski definition) is 2. The van der Waals surface area contributed by atoms with E-state index in [1.54, 1.807) is 43.0 Å². The van der Waals surface area contributed by atoms with Gasteiger partial charge in [-0.1, -0.05) is 39.3 Å². The van der Waals surface area contributed by atoms with Gasteiger partial charge in [-0.25, -0.2) is 13.9 Å². The molecule has 1 amide bonds. The maximum absolute atomic E-state index is 14.1. The Morgan fingerprint density at radius 3 is 2.63 bits per heavy atom. The monoisotopic (exact) mass is 498 g/mol. The van der Waals surface area contributed by atoms with Gasteiger partial charge in [-0.05, 0) is 17.9 Å². The van der Waals surface area contributed by atoms with Gasteiger partial charge in [0.25, 0.3) is 5.91 Å². The summed E-state index contributed by atoms with van der Waals surface area (Å²) in [5.74, 6) is -0.186. The number of pyridine rings is 1. The molecule has 0 saturated carbocycles. The molecule has 1 unspecified atom stereocenters. The van der Waals surface area contributed by atoms with Crippen molar-refractivity contribution in [2.45, 2.75) is 40.4 Å². The van der Waals surface area contributed by atoms with Crippen LogP contribution in [0.15, 0.2) is 43.2 Å². The number of fused-ring (bicyclic) bond motifs is 1. The summed E-state index contributed by atoms with van der Waals surface area (Å²) in [6.45, 7) is 8.44. The predicted octanol–water partition coefficient (Wildman–Crippen LogP) is 4.76. The van der Waals surface area contributed by atoms with E-state index in [9.17, 15) is 9.18 Å². The van der Waals surface area contributed by atoms with E-state index in [0.29, 0.717) is 39.2 Å². The van der Waals surface area contributed by atoms with Crippen LogP contribution in [0.3, 0.4) is 0 Å². The highest BCUT2D eigenvalue weighted by atomic mass is 35.5. The van der Waals surface area contributed by atoms with Gasteiger partial charge in [0.15, 0.2) is 5.65 Å². The lowest BCUT2D eigenvalue weighted by Gasteiger charge is -2.15. The van der Waals surface area contributed by atoms with Gasteiger partial charge in [-0.3, -0.25) is 14.5 Å². The Morgan fingerprint density at radius 2 is 1.89 bits per heavy atom. The minimum Gasteiger partial charge on any atom is -0.352 e. The highest BCUT2D eigenvalue weighted by Crippen LogP contribution is 2.28. The maximum Gasteiger partial charge on any atom is 0.255 e. The van der Waals surface area contributed by atoms with Crippen LogP contribution < -0.4 is 10.6 Å². The molecule has 4 aromatic rings. The maximum atomic E-state index is 14.1. The average molecular weight is 499 g/mol. The highest BCUT2D eigenvalue weighted by molar-refractivity contribution is 6.30. The summed E-state index contributed by atoms with van der Waals surface area (Å²) in [6, 6.07) is 1.75. The van der Waals surface area contributed by atoms with Crippen molar-refractivity contribution in [2.75, 3.05) is 11.9 Å². The Bertz CT molecular complexity index is 1330. The lowest BCUT2D eigenvalue weighted by molar-refractivity contribution is 0.0935. The third-order valence-corrected chi connectivity index (χ3v) is 5.59. The van der Waals surface area contributed by atoms with Crippen molar-refractivity contribution in [3.8, 4) is 11.3 Å². The van der Waals surface area contributed by atoms with E-state index in [1.807, 2.05) is 10.9 Å². The molecule has 11 heteroatoms. The number of alkyl halides is 1. The van der Waals surface area contributed by atoms with E-state index in [-0.39, 0.29) is 18.0 Å². The number of anilines is 2. The van der Waals surface area contributed by atoms with E-state index in [0.717, 1.165) is 6.54 Å². The Labute approximate surface area is 207 Å². The second-order valence-corrected chi connectivity index (χ2v) is 9.59. The van der Waals surface area contributed by atoms with Gasteiger partial charge in [-0.2, -0.15) is 10.2 Å². The third kappa shape index (κ3) is 5.76. The van der Waals surface area contributed by atoms with Crippen molar-refractivity contribution in [1.29, 1.82) is 0 Å². The first-order valence-corrected chi connectivity index (χ1v) is 11.8. The number of carbonyl (C=O) groups is 1. The van der Waals surface area contributed by atoms with Crippen LogP contribution in [0.2, 0.25) is 5.02 Å². The van der Waals surface area contributed by atoms with Crippen LogP contribution in [-0.4, -0.2) is 48.0 Å². The summed E-state index contributed by atoms with van der Waals surface area (Å²) in [5, 5.41) is 15.1.